The molecule has 0 spiro atoms. The molecule has 1 saturated heterocycles. The summed E-state index contributed by atoms with van der Waals surface area (Å²) in [5.41, 5.74) is 0. The van der Waals surface area contributed by atoms with E-state index in [0.29, 0.717) is 6.42 Å². The van der Waals surface area contributed by atoms with Crippen molar-refractivity contribution in [2.24, 2.45) is 7.05 Å². The number of aryl methyl sites for hydroxylation is 1. The summed E-state index contributed by atoms with van der Waals surface area (Å²) in [5.74, 6) is 0.944. The van der Waals surface area contributed by atoms with E-state index in [2.05, 4.69) is 28.9 Å². The highest BCUT2D eigenvalue weighted by Gasteiger charge is 2.29. The molecule has 0 saturated carbocycles. The predicted molar refractivity (Wildman–Crippen MR) is 66.8 cm³/mol. The predicted octanol–water partition coefficient (Wildman–Crippen LogP) is -0.431. The number of imidazole rings is 1. The molecule has 5 heteroatoms. The third kappa shape index (κ3) is 2.86. The summed E-state index contributed by atoms with van der Waals surface area (Å²) >= 11 is 0. The van der Waals surface area contributed by atoms with Crippen molar-refractivity contribution in [2.75, 3.05) is 33.7 Å². The van der Waals surface area contributed by atoms with Gasteiger partial charge in [0.2, 0.25) is 0 Å². The largest absolute Gasteiger partial charge is 0.391 e. The van der Waals surface area contributed by atoms with Crippen molar-refractivity contribution in [3.05, 3.63) is 18.2 Å². The Kier molecular flexibility index (Phi) is 3.81. The average Bonchev–Trinajstić information content (AvgIpc) is 2.68. The lowest BCUT2D eigenvalue weighted by Gasteiger charge is -2.40. The third-order valence-corrected chi connectivity index (χ3v) is 3.66. The fourth-order valence-corrected chi connectivity index (χ4v) is 2.38. The van der Waals surface area contributed by atoms with Gasteiger partial charge in [-0.25, -0.2) is 4.98 Å². The van der Waals surface area contributed by atoms with Gasteiger partial charge in [0.05, 0.1) is 6.10 Å². The minimum atomic E-state index is -0.358. The second-order valence-electron chi connectivity index (χ2n) is 5.04. The SMILES string of the molecule is CN1CCN(C)C(C(O)Cc2nccn2C)C1. The number of rotatable bonds is 3. The summed E-state index contributed by atoms with van der Waals surface area (Å²) in [6.45, 7) is 3.00. The Hall–Kier alpha value is -0.910. The summed E-state index contributed by atoms with van der Waals surface area (Å²) in [6.07, 6.45) is 3.95. The molecule has 5 nitrogen and oxygen atoms in total. The van der Waals surface area contributed by atoms with Crippen LogP contribution in [0.3, 0.4) is 0 Å². The molecule has 1 aliphatic rings. The summed E-state index contributed by atoms with van der Waals surface area (Å²) in [4.78, 5) is 8.78. The Bertz CT molecular complexity index is 365. The van der Waals surface area contributed by atoms with Gasteiger partial charge in [0, 0.05) is 51.5 Å². The van der Waals surface area contributed by atoms with Crippen LogP contribution in [0.2, 0.25) is 0 Å². The molecule has 0 aromatic carbocycles. The zero-order valence-corrected chi connectivity index (χ0v) is 10.9. The van der Waals surface area contributed by atoms with E-state index in [1.807, 2.05) is 17.8 Å². The van der Waals surface area contributed by atoms with Gasteiger partial charge in [-0.2, -0.15) is 0 Å². The topological polar surface area (TPSA) is 44.5 Å². The molecule has 1 aromatic heterocycles. The van der Waals surface area contributed by atoms with Gasteiger partial charge in [-0.15, -0.1) is 0 Å². The zero-order chi connectivity index (χ0) is 12.4. The van der Waals surface area contributed by atoms with E-state index in [1.165, 1.54) is 0 Å². The van der Waals surface area contributed by atoms with Crippen molar-refractivity contribution in [3.63, 3.8) is 0 Å². The lowest BCUT2D eigenvalue weighted by molar-refractivity contribution is 0.0141. The van der Waals surface area contributed by atoms with Gasteiger partial charge >= 0.3 is 0 Å². The van der Waals surface area contributed by atoms with Crippen LogP contribution >= 0.6 is 0 Å². The normalized spacial score (nSPS) is 25.1. The second kappa shape index (κ2) is 5.16. The van der Waals surface area contributed by atoms with Crippen LogP contribution in [0.4, 0.5) is 0 Å². The van der Waals surface area contributed by atoms with Crippen LogP contribution in [0.1, 0.15) is 5.82 Å². The standard InChI is InChI=1S/C12H22N4O/c1-14-6-7-15(2)10(9-14)11(17)8-12-13-4-5-16(12)3/h4-5,10-11,17H,6-9H2,1-3H3. The van der Waals surface area contributed by atoms with E-state index in [4.69, 9.17) is 0 Å². The molecule has 0 bridgehead atoms. The molecular formula is C12H22N4O. The second-order valence-corrected chi connectivity index (χ2v) is 5.04. The van der Waals surface area contributed by atoms with Crippen LogP contribution in [0, 0.1) is 0 Å². The van der Waals surface area contributed by atoms with Crippen LogP contribution in [0.15, 0.2) is 12.4 Å². The molecule has 0 amide bonds. The first-order chi connectivity index (χ1) is 8.08. The van der Waals surface area contributed by atoms with E-state index in [-0.39, 0.29) is 12.1 Å². The number of hydrogen-bond acceptors (Lipinski definition) is 4. The number of likely N-dealkylation sites (N-methyl/N-ethyl adjacent to an activating group) is 2. The molecule has 0 radical (unpaired) electrons. The van der Waals surface area contributed by atoms with Gasteiger partial charge < -0.3 is 14.6 Å². The molecule has 2 unspecified atom stereocenters. The summed E-state index contributed by atoms with van der Waals surface area (Å²) in [5, 5.41) is 10.3. The maximum atomic E-state index is 10.3. The highest BCUT2D eigenvalue weighted by Crippen LogP contribution is 2.13. The highest BCUT2D eigenvalue weighted by molar-refractivity contribution is 4.96. The van der Waals surface area contributed by atoms with Crippen molar-refractivity contribution in [1.82, 2.24) is 19.4 Å². The Morgan fingerprint density at radius 3 is 2.82 bits per heavy atom. The van der Waals surface area contributed by atoms with Crippen molar-refractivity contribution in [1.29, 1.82) is 0 Å². The Morgan fingerprint density at radius 1 is 1.41 bits per heavy atom. The molecule has 1 aromatic rings. The van der Waals surface area contributed by atoms with Gasteiger partial charge in [-0.05, 0) is 14.1 Å². The van der Waals surface area contributed by atoms with Crippen molar-refractivity contribution in [2.45, 2.75) is 18.6 Å². The molecule has 17 heavy (non-hydrogen) atoms. The van der Waals surface area contributed by atoms with Crippen molar-refractivity contribution < 1.29 is 5.11 Å². The number of aliphatic hydroxyl groups excluding tert-OH is 1. The quantitative estimate of drug-likeness (QED) is 0.776. The summed E-state index contributed by atoms with van der Waals surface area (Å²) in [7, 11) is 6.15. The third-order valence-electron chi connectivity index (χ3n) is 3.66. The first-order valence-electron chi connectivity index (χ1n) is 6.11. The maximum absolute atomic E-state index is 10.3. The minimum absolute atomic E-state index is 0.199. The first kappa shape index (κ1) is 12.5. The Balaban J connectivity index is 1.99. The lowest BCUT2D eigenvalue weighted by Crippen LogP contribution is -2.55. The average molecular weight is 238 g/mol. The van der Waals surface area contributed by atoms with Crippen LogP contribution in [0.25, 0.3) is 0 Å². The molecule has 2 rings (SSSR count). The molecule has 96 valence electrons. The van der Waals surface area contributed by atoms with Crippen molar-refractivity contribution >= 4 is 0 Å². The van der Waals surface area contributed by atoms with Gasteiger partial charge in [0.1, 0.15) is 5.82 Å². The monoisotopic (exact) mass is 238 g/mol. The van der Waals surface area contributed by atoms with E-state index >= 15 is 0 Å². The number of aliphatic hydroxyl groups is 1. The molecule has 0 aliphatic carbocycles. The first-order valence-corrected chi connectivity index (χ1v) is 6.11. The molecular weight excluding hydrogens is 216 g/mol. The lowest BCUT2D eigenvalue weighted by atomic mass is 10.0. The van der Waals surface area contributed by atoms with E-state index < -0.39 is 0 Å². The van der Waals surface area contributed by atoms with E-state index in [0.717, 1.165) is 25.5 Å². The minimum Gasteiger partial charge on any atom is -0.391 e. The Morgan fingerprint density at radius 2 is 2.18 bits per heavy atom. The molecule has 1 aliphatic heterocycles. The number of nitrogens with zero attached hydrogens (tertiary/aromatic N) is 4. The molecule has 1 N–H and O–H groups in total. The van der Waals surface area contributed by atoms with Gasteiger partial charge in [0.15, 0.2) is 0 Å². The van der Waals surface area contributed by atoms with E-state index in [9.17, 15) is 5.11 Å². The van der Waals surface area contributed by atoms with Gasteiger partial charge in [-0.1, -0.05) is 0 Å². The van der Waals surface area contributed by atoms with Crippen LogP contribution in [-0.2, 0) is 13.5 Å². The number of aromatic nitrogens is 2. The fraction of sp³-hybridized carbons (Fsp3) is 0.750. The number of hydrogen-bond donors (Lipinski definition) is 1. The molecule has 1 fully saturated rings. The van der Waals surface area contributed by atoms with Crippen LogP contribution in [-0.4, -0.2) is 70.3 Å². The summed E-state index contributed by atoms with van der Waals surface area (Å²) < 4.78 is 1.97. The van der Waals surface area contributed by atoms with E-state index in [1.54, 1.807) is 6.20 Å². The highest BCUT2D eigenvalue weighted by atomic mass is 16.3. The van der Waals surface area contributed by atoms with Crippen LogP contribution in [0.5, 0.6) is 0 Å². The maximum Gasteiger partial charge on any atom is 0.111 e. The number of piperazine rings is 1. The fourth-order valence-electron chi connectivity index (χ4n) is 2.38. The van der Waals surface area contributed by atoms with Crippen molar-refractivity contribution in [3.8, 4) is 0 Å². The molecule has 2 atom stereocenters. The van der Waals surface area contributed by atoms with Gasteiger partial charge in [-0.3, -0.25) is 4.90 Å². The summed E-state index contributed by atoms with van der Waals surface area (Å²) in [6, 6.07) is 0.199. The molecule has 2 heterocycles. The zero-order valence-electron chi connectivity index (χ0n) is 10.9. The smallest absolute Gasteiger partial charge is 0.111 e. The Labute approximate surface area is 103 Å². The van der Waals surface area contributed by atoms with Gasteiger partial charge in [0.25, 0.3) is 0 Å². The van der Waals surface area contributed by atoms with Crippen LogP contribution < -0.4 is 0 Å².